The maximum atomic E-state index is 12.4. The minimum absolute atomic E-state index is 0.0605. The Morgan fingerprint density at radius 3 is 1.36 bits per heavy atom. The molecule has 44 heavy (non-hydrogen) atoms. The molecule has 0 saturated carbocycles. The lowest BCUT2D eigenvalue weighted by atomic mass is 10.3. The van der Waals surface area contributed by atoms with Crippen molar-refractivity contribution in [3.05, 3.63) is 93.4 Å². The summed E-state index contributed by atoms with van der Waals surface area (Å²) in [4.78, 5) is 9.95. The number of nitrogens with zero attached hydrogens (tertiary/aromatic N) is 4. The minimum atomic E-state index is -3.73. The Hall–Kier alpha value is -3.42. The second kappa shape index (κ2) is 13.3. The van der Waals surface area contributed by atoms with E-state index in [0.717, 1.165) is 43.8 Å². The van der Waals surface area contributed by atoms with Crippen molar-refractivity contribution < 1.29 is 25.9 Å². The molecule has 0 aliphatic rings. The van der Waals surface area contributed by atoms with E-state index >= 15 is 0 Å². The lowest BCUT2D eigenvalue weighted by Crippen LogP contribution is -2.11. The first-order valence-corrected chi connectivity index (χ1v) is 18.4. The van der Waals surface area contributed by atoms with Gasteiger partial charge < -0.3 is 9.05 Å². The summed E-state index contributed by atoms with van der Waals surface area (Å²) in [6, 6.07) is 17.5. The Balaban J connectivity index is 0.000000175. The molecule has 0 aliphatic carbocycles. The van der Waals surface area contributed by atoms with Gasteiger partial charge in [-0.05, 0) is 94.2 Å². The van der Waals surface area contributed by atoms with Gasteiger partial charge in [-0.3, -0.25) is 9.97 Å². The first kappa shape index (κ1) is 32.0. The van der Waals surface area contributed by atoms with Gasteiger partial charge in [-0.15, -0.1) is 22.7 Å². The van der Waals surface area contributed by atoms with Gasteiger partial charge in [0.25, 0.3) is 31.8 Å². The summed E-state index contributed by atoms with van der Waals surface area (Å²) >= 11 is 8.72. The van der Waals surface area contributed by atoms with Gasteiger partial charge in [0.05, 0.1) is 32.5 Å². The van der Waals surface area contributed by atoms with E-state index in [0.29, 0.717) is 20.3 Å². The van der Waals surface area contributed by atoms with Crippen molar-refractivity contribution in [1.29, 1.82) is 0 Å². The highest BCUT2D eigenvalue weighted by atomic mass is 79.9. The number of thiophene rings is 2. The third-order valence-corrected chi connectivity index (χ3v) is 13.3. The third-order valence-electron chi connectivity index (χ3n) is 5.56. The van der Waals surface area contributed by atoms with Crippen LogP contribution in [0.2, 0.25) is 0 Å². The smallest absolute Gasteiger partial charge is 0.273 e. The highest BCUT2D eigenvalue weighted by Crippen LogP contribution is 2.34. The third kappa shape index (κ3) is 7.27. The standard InChI is InChI=1S/2C13H10BrN3O3S2/c2*1-8-12(14)13(20-16-8)17-22(18,19)11-6-5-10(21-11)9-4-2-3-7-15-9/h2*2-7,17H,1H3. The van der Waals surface area contributed by atoms with E-state index in [4.69, 9.17) is 9.05 Å². The number of aromatic nitrogens is 4. The van der Waals surface area contributed by atoms with E-state index in [2.05, 4.69) is 61.6 Å². The van der Waals surface area contributed by atoms with Gasteiger partial charge in [0.1, 0.15) is 17.4 Å². The number of pyridine rings is 2. The number of hydrogen-bond donors (Lipinski definition) is 2. The van der Waals surface area contributed by atoms with Crippen molar-refractivity contribution in [3.63, 3.8) is 0 Å². The second-order valence-electron chi connectivity index (χ2n) is 8.70. The summed E-state index contributed by atoms with van der Waals surface area (Å²) in [5, 5.41) is 7.38. The van der Waals surface area contributed by atoms with Crippen LogP contribution in [0.1, 0.15) is 11.4 Å². The van der Waals surface area contributed by atoms with Gasteiger partial charge in [-0.25, -0.2) is 26.3 Å². The van der Waals surface area contributed by atoms with E-state index in [9.17, 15) is 16.8 Å². The number of rotatable bonds is 8. The number of hydrogen-bond acceptors (Lipinski definition) is 12. The summed E-state index contributed by atoms with van der Waals surface area (Å²) in [7, 11) is -7.47. The molecule has 6 heterocycles. The first-order chi connectivity index (χ1) is 20.9. The molecule has 0 spiro atoms. The van der Waals surface area contributed by atoms with Gasteiger partial charge in [0, 0.05) is 12.4 Å². The largest absolute Gasteiger partial charge is 0.336 e. The maximum absolute atomic E-state index is 12.4. The zero-order valence-electron chi connectivity index (χ0n) is 22.6. The molecule has 0 saturated heterocycles. The molecule has 0 bridgehead atoms. The predicted molar refractivity (Wildman–Crippen MR) is 175 cm³/mol. The van der Waals surface area contributed by atoms with Crippen LogP contribution in [0, 0.1) is 13.8 Å². The monoisotopic (exact) mass is 798 g/mol. The number of anilines is 2. The Labute approximate surface area is 276 Å². The Bertz CT molecular complexity index is 1960. The van der Waals surface area contributed by atoms with Gasteiger partial charge in [0.2, 0.25) is 0 Å². The van der Waals surface area contributed by atoms with E-state index in [-0.39, 0.29) is 20.2 Å². The molecule has 0 radical (unpaired) electrons. The highest BCUT2D eigenvalue weighted by molar-refractivity contribution is 9.11. The van der Waals surface area contributed by atoms with E-state index in [1.54, 1.807) is 50.5 Å². The number of sulfonamides is 2. The normalized spacial score (nSPS) is 11.5. The molecule has 2 N–H and O–H groups in total. The molecule has 228 valence electrons. The lowest BCUT2D eigenvalue weighted by molar-refractivity contribution is 0.430. The van der Waals surface area contributed by atoms with Crippen LogP contribution in [0.5, 0.6) is 0 Å². The molecular formula is C26H20Br2N6O6S4. The van der Waals surface area contributed by atoms with Crippen LogP contribution in [0.25, 0.3) is 21.1 Å². The summed E-state index contributed by atoms with van der Waals surface area (Å²) in [5.74, 6) is 0.121. The minimum Gasteiger partial charge on any atom is -0.336 e. The Kier molecular flexibility index (Phi) is 9.66. The molecule has 0 amide bonds. The summed E-state index contributed by atoms with van der Waals surface area (Å²) in [5.41, 5.74) is 2.59. The van der Waals surface area contributed by atoms with Crippen molar-refractivity contribution in [3.8, 4) is 21.1 Å². The molecule has 0 unspecified atom stereocenters. The summed E-state index contributed by atoms with van der Waals surface area (Å²) < 4.78 is 65.5. The molecule has 6 aromatic heterocycles. The van der Waals surface area contributed by atoms with Crippen LogP contribution >= 0.6 is 54.5 Å². The van der Waals surface area contributed by atoms with Crippen LogP contribution in [-0.2, 0) is 20.0 Å². The molecule has 0 fully saturated rings. The maximum Gasteiger partial charge on any atom is 0.273 e. The molecule has 18 heteroatoms. The number of aryl methyl sites for hydroxylation is 2. The van der Waals surface area contributed by atoms with Crippen molar-refractivity contribution >= 4 is 86.3 Å². The van der Waals surface area contributed by atoms with Gasteiger partial charge in [-0.1, -0.05) is 22.4 Å². The first-order valence-electron chi connectivity index (χ1n) is 12.3. The fraction of sp³-hybridized carbons (Fsp3) is 0.0769. The van der Waals surface area contributed by atoms with Gasteiger partial charge >= 0.3 is 0 Å². The number of halogens is 2. The SMILES string of the molecule is Cc1noc(NS(=O)(=O)c2ccc(-c3ccccn3)s2)c1Br.Cc1noc(NS(=O)(=O)c2ccc(-c3ccccn3)s2)c1Br. The van der Waals surface area contributed by atoms with Crippen molar-refractivity contribution in [1.82, 2.24) is 20.3 Å². The van der Waals surface area contributed by atoms with Crippen LogP contribution in [0.15, 0.2) is 99.5 Å². The Morgan fingerprint density at radius 1 is 0.636 bits per heavy atom. The molecule has 0 aliphatic heterocycles. The van der Waals surface area contributed by atoms with Gasteiger partial charge in [-0.2, -0.15) is 0 Å². The fourth-order valence-electron chi connectivity index (χ4n) is 3.41. The van der Waals surface area contributed by atoms with Gasteiger partial charge in [0.15, 0.2) is 0 Å². The summed E-state index contributed by atoms with van der Waals surface area (Å²) in [6.45, 7) is 3.41. The molecule has 6 rings (SSSR count). The van der Waals surface area contributed by atoms with E-state index < -0.39 is 20.0 Å². The van der Waals surface area contributed by atoms with Crippen molar-refractivity contribution in [2.24, 2.45) is 0 Å². The van der Waals surface area contributed by atoms with E-state index in [1.165, 1.54) is 12.1 Å². The molecule has 0 aromatic carbocycles. The quantitative estimate of drug-likeness (QED) is 0.159. The zero-order valence-corrected chi connectivity index (χ0v) is 29.0. The molecular weight excluding hydrogens is 780 g/mol. The van der Waals surface area contributed by atoms with Crippen LogP contribution in [-0.4, -0.2) is 37.1 Å². The average Bonchev–Trinajstić information content (AvgIpc) is 3.83. The van der Waals surface area contributed by atoms with E-state index in [1.807, 2.05) is 24.3 Å². The zero-order chi connectivity index (χ0) is 31.5. The number of nitrogens with one attached hydrogen (secondary N) is 2. The van der Waals surface area contributed by atoms with Crippen molar-refractivity contribution in [2.45, 2.75) is 22.3 Å². The summed E-state index contributed by atoms with van der Waals surface area (Å²) in [6.07, 6.45) is 3.33. The second-order valence-corrected chi connectivity index (χ2v) is 16.3. The highest BCUT2D eigenvalue weighted by Gasteiger charge is 2.23. The molecule has 12 nitrogen and oxygen atoms in total. The Morgan fingerprint density at radius 2 is 1.05 bits per heavy atom. The molecule has 0 atom stereocenters. The fourth-order valence-corrected chi connectivity index (χ4v) is 8.72. The van der Waals surface area contributed by atoms with Crippen LogP contribution < -0.4 is 9.44 Å². The van der Waals surface area contributed by atoms with Crippen LogP contribution in [0.3, 0.4) is 0 Å². The lowest BCUT2D eigenvalue weighted by Gasteiger charge is -2.02. The average molecular weight is 801 g/mol. The molecule has 6 aromatic rings. The topological polar surface area (TPSA) is 170 Å². The van der Waals surface area contributed by atoms with Crippen molar-refractivity contribution in [2.75, 3.05) is 9.44 Å². The predicted octanol–water partition coefficient (Wildman–Crippen LogP) is 7.34. The van der Waals surface area contributed by atoms with Crippen LogP contribution in [0.4, 0.5) is 11.8 Å².